The molecule has 6 nitrogen and oxygen atoms in total. The number of rotatable bonds is 5. The van der Waals surface area contributed by atoms with Crippen LogP contribution in [0.4, 0.5) is 0 Å². The zero-order valence-electron chi connectivity index (χ0n) is 16.3. The van der Waals surface area contributed by atoms with Crippen molar-refractivity contribution in [3.8, 4) is 17.5 Å². The maximum Gasteiger partial charge on any atom is 0.341 e. The molecular weight excluding hydrogens is 366 g/mol. The second-order valence-electron chi connectivity index (χ2n) is 6.17. The van der Waals surface area contributed by atoms with Crippen molar-refractivity contribution in [1.29, 1.82) is 0 Å². The maximum atomic E-state index is 12.3. The molecule has 0 spiro atoms. The van der Waals surface area contributed by atoms with Gasteiger partial charge in [0.1, 0.15) is 5.56 Å². The molecule has 29 heavy (non-hydrogen) atoms. The smallest absolute Gasteiger partial charge is 0.341 e. The Kier molecular flexibility index (Phi) is 6.43. The monoisotopic (exact) mass is 387 g/mol. The molecule has 0 aliphatic rings. The van der Waals surface area contributed by atoms with E-state index in [1.165, 1.54) is 6.20 Å². The lowest BCUT2D eigenvalue weighted by atomic mass is 10.2. The van der Waals surface area contributed by atoms with E-state index in [0.29, 0.717) is 23.4 Å². The predicted molar refractivity (Wildman–Crippen MR) is 110 cm³/mol. The van der Waals surface area contributed by atoms with Gasteiger partial charge in [-0.3, -0.25) is 4.79 Å². The molecule has 2 aromatic carbocycles. The van der Waals surface area contributed by atoms with Crippen molar-refractivity contribution in [1.82, 2.24) is 15.1 Å². The second kappa shape index (κ2) is 9.38. The van der Waals surface area contributed by atoms with E-state index >= 15 is 0 Å². The lowest BCUT2D eigenvalue weighted by Gasteiger charge is -2.07. The van der Waals surface area contributed by atoms with Crippen LogP contribution in [-0.2, 0) is 4.74 Å². The van der Waals surface area contributed by atoms with Gasteiger partial charge in [0.25, 0.3) is 5.91 Å². The first-order chi connectivity index (χ1) is 14.1. The molecule has 146 valence electrons. The number of hydrogen-bond acceptors (Lipinski definition) is 4. The zero-order chi connectivity index (χ0) is 20.6. The van der Waals surface area contributed by atoms with Crippen LogP contribution in [0.1, 0.15) is 38.9 Å². The van der Waals surface area contributed by atoms with Crippen LogP contribution in [0.15, 0.2) is 60.8 Å². The summed E-state index contributed by atoms with van der Waals surface area (Å²) in [5.74, 6) is 5.32. The molecule has 1 amide bonds. The lowest BCUT2D eigenvalue weighted by Crippen LogP contribution is -2.23. The first-order valence-corrected chi connectivity index (χ1v) is 9.24. The summed E-state index contributed by atoms with van der Waals surface area (Å²) in [6.07, 6.45) is 1.49. The van der Waals surface area contributed by atoms with E-state index < -0.39 is 5.97 Å². The molecule has 0 bridgehead atoms. The number of benzene rings is 2. The van der Waals surface area contributed by atoms with Gasteiger partial charge in [-0.1, -0.05) is 30.0 Å². The molecule has 0 aliphatic carbocycles. The summed E-state index contributed by atoms with van der Waals surface area (Å²) in [5.41, 5.74) is 3.27. The lowest BCUT2D eigenvalue weighted by molar-refractivity contribution is 0.0525. The molecule has 0 fully saturated rings. The van der Waals surface area contributed by atoms with Crippen LogP contribution in [0, 0.1) is 18.8 Å². The van der Waals surface area contributed by atoms with E-state index in [-0.39, 0.29) is 12.5 Å². The highest BCUT2D eigenvalue weighted by atomic mass is 16.5. The van der Waals surface area contributed by atoms with E-state index in [4.69, 9.17) is 4.74 Å². The fourth-order valence-corrected chi connectivity index (χ4v) is 2.73. The van der Waals surface area contributed by atoms with Gasteiger partial charge in [0.15, 0.2) is 0 Å². The van der Waals surface area contributed by atoms with Gasteiger partial charge in [-0.05, 0) is 50.2 Å². The molecule has 3 rings (SSSR count). The van der Waals surface area contributed by atoms with Crippen LogP contribution < -0.4 is 5.32 Å². The maximum absolute atomic E-state index is 12.3. The molecule has 1 heterocycles. The van der Waals surface area contributed by atoms with Gasteiger partial charge < -0.3 is 10.1 Å². The van der Waals surface area contributed by atoms with Crippen molar-refractivity contribution in [2.75, 3.05) is 13.2 Å². The number of carbonyl (C=O) groups is 2. The van der Waals surface area contributed by atoms with Crippen LogP contribution in [0.5, 0.6) is 0 Å². The minimum Gasteiger partial charge on any atom is -0.462 e. The number of nitrogens with one attached hydrogen (secondary N) is 1. The molecular formula is C23H21N3O3. The standard InChI is InChI=1S/C23H21N3O3/c1-3-29-23(28)21-16-25-26(17(21)2)20-13-11-19(12-14-20)22(27)24-15-7-10-18-8-5-4-6-9-18/h4-6,8-9,11-14,16H,3,15H2,1-2H3,(H,24,27). The van der Waals surface area contributed by atoms with Crippen molar-refractivity contribution in [3.63, 3.8) is 0 Å². The molecule has 6 heteroatoms. The van der Waals surface area contributed by atoms with Crippen LogP contribution in [0.2, 0.25) is 0 Å². The minimum atomic E-state index is -0.399. The third kappa shape index (κ3) is 4.90. The average Bonchev–Trinajstić information content (AvgIpc) is 3.13. The van der Waals surface area contributed by atoms with E-state index in [2.05, 4.69) is 22.3 Å². The summed E-state index contributed by atoms with van der Waals surface area (Å²) in [6.45, 7) is 4.12. The van der Waals surface area contributed by atoms with Gasteiger partial charge in [-0.2, -0.15) is 5.10 Å². The SMILES string of the molecule is CCOC(=O)c1cnn(-c2ccc(C(=O)NCC#Cc3ccccc3)cc2)c1C. The topological polar surface area (TPSA) is 73.2 Å². The first kappa shape index (κ1) is 19.9. The van der Waals surface area contributed by atoms with Crippen LogP contribution >= 0.6 is 0 Å². The quantitative estimate of drug-likeness (QED) is 0.539. The van der Waals surface area contributed by atoms with Crippen molar-refractivity contribution in [2.45, 2.75) is 13.8 Å². The zero-order valence-corrected chi connectivity index (χ0v) is 16.3. The van der Waals surface area contributed by atoms with Gasteiger partial charge in [-0.15, -0.1) is 0 Å². The minimum absolute atomic E-state index is 0.205. The van der Waals surface area contributed by atoms with Crippen molar-refractivity contribution in [3.05, 3.63) is 83.2 Å². The summed E-state index contributed by atoms with van der Waals surface area (Å²) in [7, 11) is 0. The van der Waals surface area contributed by atoms with E-state index in [1.54, 1.807) is 42.8 Å². The fourth-order valence-electron chi connectivity index (χ4n) is 2.73. The Balaban J connectivity index is 1.64. The number of aromatic nitrogens is 2. The van der Waals surface area contributed by atoms with E-state index in [0.717, 1.165) is 11.3 Å². The molecule has 1 aromatic heterocycles. The number of nitrogens with zero attached hydrogens (tertiary/aromatic N) is 2. The molecule has 0 unspecified atom stereocenters. The number of ether oxygens (including phenoxy) is 1. The summed E-state index contributed by atoms with van der Waals surface area (Å²) < 4.78 is 6.67. The molecule has 3 aromatic rings. The Morgan fingerprint density at radius 3 is 2.52 bits per heavy atom. The predicted octanol–water partition coefficient (Wildman–Crippen LogP) is 3.14. The number of hydrogen-bond donors (Lipinski definition) is 1. The molecule has 1 N–H and O–H groups in total. The van der Waals surface area contributed by atoms with Crippen molar-refractivity contribution in [2.24, 2.45) is 0 Å². The fraction of sp³-hybridized carbons (Fsp3) is 0.174. The Morgan fingerprint density at radius 2 is 1.83 bits per heavy atom. The highest BCUT2D eigenvalue weighted by Gasteiger charge is 2.16. The number of amides is 1. The highest BCUT2D eigenvalue weighted by molar-refractivity contribution is 5.94. The van der Waals surface area contributed by atoms with Gasteiger partial charge >= 0.3 is 5.97 Å². The van der Waals surface area contributed by atoms with E-state index in [9.17, 15) is 9.59 Å². The van der Waals surface area contributed by atoms with Crippen LogP contribution in [-0.4, -0.2) is 34.8 Å². The summed E-state index contributed by atoms with van der Waals surface area (Å²) in [6, 6.07) is 16.6. The molecule has 0 saturated carbocycles. The Morgan fingerprint density at radius 1 is 1.10 bits per heavy atom. The third-order valence-corrected chi connectivity index (χ3v) is 4.22. The van der Waals surface area contributed by atoms with Crippen LogP contribution in [0.25, 0.3) is 5.69 Å². The van der Waals surface area contributed by atoms with Gasteiger partial charge in [0, 0.05) is 11.1 Å². The summed E-state index contributed by atoms with van der Waals surface area (Å²) in [5, 5.41) is 7.03. The molecule has 0 aliphatic heterocycles. The average molecular weight is 387 g/mol. The Bertz CT molecular complexity index is 1060. The number of carbonyl (C=O) groups excluding carboxylic acids is 2. The molecule has 0 radical (unpaired) electrons. The normalized spacial score (nSPS) is 10.0. The Hall–Kier alpha value is -3.85. The first-order valence-electron chi connectivity index (χ1n) is 9.24. The molecule has 0 atom stereocenters. The van der Waals surface area contributed by atoms with Gasteiger partial charge in [0.2, 0.25) is 0 Å². The number of esters is 1. The van der Waals surface area contributed by atoms with Crippen LogP contribution in [0.3, 0.4) is 0 Å². The van der Waals surface area contributed by atoms with Gasteiger partial charge in [-0.25, -0.2) is 9.48 Å². The molecule has 0 saturated heterocycles. The second-order valence-corrected chi connectivity index (χ2v) is 6.17. The Labute approximate surface area is 169 Å². The van der Waals surface area contributed by atoms with E-state index in [1.807, 2.05) is 30.3 Å². The van der Waals surface area contributed by atoms with Crippen molar-refractivity contribution < 1.29 is 14.3 Å². The van der Waals surface area contributed by atoms with Crippen molar-refractivity contribution >= 4 is 11.9 Å². The highest BCUT2D eigenvalue weighted by Crippen LogP contribution is 2.16. The largest absolute Gasteiger partial charge is 0.462 e. The third-order valence-electron chi connectivity index (χ3n) is 4.22. The summed E-state index contributed by atoms with van der Waals surface area (Å²) >= 11 is 0. The van der Waals surface area contributed by atoms with Gasteiger partial charge in [0.05, 0.1) is 30.7 Å². The summed E-state index contributed by atoms with van der Waals surface area (Å²) in [4.78, 5) is 24.2.